The van der Waals surface area contributed by atoms with Crippen LogP contribution in [-0.2, 0) is 0 Å². The third-order valence-electron chi connectivity index (χ3n) is 2.44. The summed E-state index contributed by atoms with van der Waals surface area (Å²) in [4.78, 5) is 12.0. The molecule has 0 saturated carbocycles. The van der Waals surface area contributed by atoms with Crippen LogP contribution in [0.3, 0.4) is 0 Å². The summed E-state index contributed by atoms with van der Waals surface area (Å²) in [5, 5.41) is 2.69. The second kappa shape index (κ2) is 5.71. The van der Waals surface area contributed by atoms with Crippen LogP contribution in [0.25, 0.3) is 0 Å². The van der Waals surface area contributed by atoms with Gasteiger partial charge in [-0.2, -0.15) is 0 Å². The lowest BCUT2D eigenvalue weighted by Crippen LogP contribution is -2.12. The van der Waals surface area contributed by atoms with E-state index in [1.807, 2.05) is 0 Å². The van der Waals surface area contributed by atoms with Crippen molar-refractivity contribution in [3.63, 3.8) is 0 Å². The van der Waals surface area contributed by atoms with Gasteiger partial charge in [0.05, 0.1) is 4.47 Å². The largest absolute Gasteiger partial charge is 0.398 e. The molecule has 3 N–H and O–H groups in total. The molecule has 0 atom stereocenters. The summed E-state index contributed by atoms with van der Waals surface area (Å²) in [5.41, 5.74) is 7.18. The smallest absolute Gasteiger partial charge is 0.255 e. The van der Waals surface area contributed by atoms with E-state index in [1.54, 1.807) is 18.2 Å². The van der Waals surface area contributed by atoms with Crippen molar-refractivity contribution in [1.29, 1.82) is 0 Å². The molecule has 0 aliphatic heterocycles. The van der Waals surface area contributed by atoms with Gasteiger partial charge in [-0.3, -0.25) is 4.79 Å². The van der Waals surface area contributed by atoms with Crippen molar-refractivity contribution >= 4 is 49.1 Å². The van der Waals surface area contributed by atoms with Crippen molar-refractivity contribution in [1.82, 2.24) is 0 Å². The van der Waals surface area contributed by atoms with E-state index in [4.69, 9.17) is 5.73 Å². The molecule has 1 amide bonds. The zero-order valence-electron chi connectivity index (χ0n) is 9.58. The maximum Gasteiger partial charge on any atom is 0.255 e. The fourth-order valence-corrected chi connectivity index (χ4v) is 2.09. The van der Waals surface area contributed by atoms with Gasteiger partial charge >= 0.3 is 0 Å². The molecule has 0 radical (unpaired) electrons. The van der Waals surface area contributed by atoms with Gasteiger partial charge in [-0.1, -0.05) is 0 Å². The summed E-state index contributed by atoms with van der Waals surface area (Å²) in [6.07, 6.45) is 0. The summed E-state index contributed by atoms with van der Waals surface area (Å²) >= 11 is 6.31. The van der Waals surface area contributed by atoms with Crippen molar-refractivity contribution in [3.8, 4) is 0 Å². The molecule has 6 heteroatoms. The van der Waals surface area contributed by atoms with Crippen molar-refractivity contribution in [2.45, 2.75) is 0 Å². The van der Waals surface area contributed by atoms with E-state index >= 15 is 0 Å². The Morgan fingerprint density at radius 1 is 1.11 bits per heavy atom. The maximum atomic E-state index is 13.1. The average molecular weight is 388 g/mol. The number of hydrogen-bond donors (Lipinski definition) is 2. The molecule has 0 aliphatic rings. The monoisotopic (exact) mass is 386 g/mol. The van der Waals surface area contributed by atoms with E-state index in [0.717, 1.165) is 4.47 Å². The predicted octanol–water partition coefficient (Wildman–Crippen LogP) is 4.19. The van der Waals surface area contributed by atoms with Crippen molar-refractivity contribution in [3.05, 3.63) is 56.7 Å². The normalized spacial score (nSPS) is 10.3. The minimum absolute atomic E-state index is 0.246. The number of rotatable bonds is 2. The molecule has 2 rings (SSSR count). The lowest BCUT2D eigenvalue weighted by atomic mass is 10.2. The van der Waals surface area contributed by atoms with Crippen LogP contribution in [0.1, 0.15) is 10.4 Å². The van der Waals surface area contributed by atoms with E-state index in [-0.39, 0.29) is 10.4 Å². The number of nitrogens with one attached hydrogen (secondary N) is 1. The van der Waals surface area contributed by atoms with Gasteiger partial charge in [0.15, 0.2) is 0 Å². The van der Waals surface area contributed by atoms with Gasteiger partial charge < -0.3 is 11.1 Å². The van der Waals surface area contributed by atoms with E-state index in [2.05, 4.69) is 37.2 Å². The molecule has 19 heavy (non-hydrogen) atoms. The predicted molar refractivity (Wildman–Crippen MR) is 80.6 cm³/mol. The molecule has 0 unspecified atom stereocenters. The second-order valence-electron chi connectivity index (χ2n) is 3.82. The third-order valence-corrected chi connectivity index (χ3v) is 3.77. The highest BCUT2D eigenvalue weighted by Gasteiger charge is 2.09. The van der Waals surface area contributed by atoms with Gasteiger partial charge in [0.2, 0.25) is 0 Å². The quantitative estimate of drug-likeness (QED) is 0.759. The van der Waals surface area contributed by atoms with Crippen LogP contribution in [0.4, 0.5) is 15.8 Å². The number of halogens is 3. The molecule has 0 saturated heterocycles. The number of carbonyl (C=O) groups is 1. The van der Waals surface area contributed by atoms with Gasteiger partial charge in [0.25, 0.3) is 5.91 Å². The summed E-state index contributed by atoms with van der Waals surface area (Å²) < 4.78 is 14.1. The van der Waals surface area contributed by atoms with E-state index in [0.29, 0.717) is 16.9 Å². The first kappa shape index (κ1) is 14.0. The number of amides is 1. The van der Waals surface area contributed by atoms with Gasteiger partial charge in [-0.15, -0.1) is 0 Å². The molecular formula is C13H9Br2FN2O. The lowest BCUT2D eigenvalue weighted by Gasteiger charge is -2.07. The zero-order valence-corrected chi connectivity index (χ0v) is 12.8. The van der Waals surface area contributed by atoms with Crippen LogP contribution in [0.2, 0.25) is 0 Å². The Morgan fingerprint density at radius 3 is 2.47 bits per heavy atom. The Balaban J connectivity index is 2.20. The minimum atomic E-state index is -0.413. The highest BCUT2D eigenvalue weighted by molar-refractivity contribution is 9.10. The number of nitrogens with two attached hydrogens (primary N) is 1. The van der Waals surface area contributed by atoms with E-state index in [1.165, 1.54) is 18.2 Å². The van der Waals surface area contributed by atoms with Crippen molar-refractivity contribution in [2.24, 2.45) is 0 Å². The van der Waals surface area contributed by atoms with Crippen molar-refractivity contribution in [2.75, 3.05) is 11.1 Å². The molecule has 0 fully saturated rings. The van der Waals surface area contributed by atoms with Crippen LogP contribution in [-0.4, -0.2) is 5.91 Å². The first-order chi connectivity index (χ1) is 8.97. The Morgan fingerprint density at radius 2 is 1.84 bits per heavy atom. The fourth-order valence-electron chi connectivity index (χ4n) is 1.46. The van der Waals surface area contributed by atoms with Crippen LogP contribution in [0.5, 0.6) is 0 Å². The fraction of sp³-hybridized carbons (Fsp3) is 0. The van der Waals surface area contributed by atoms with Crippen molar-refractivity contribution < 1.29 is 9.18 Å². The highest BCUT2D eigenvalue weighted by atomic mass is 79.9. The average Bonchev–Trinajstić information content (AvgIpc) is 2.37. The molecular weight excluding hydrogens is 379 g/mol. The van der Waals surface area contributed by atoms with Gasteiger partial charge in [0.1, 0.15) is 5.82 Å². The van der Waals surface area contributed by atoms with Gasteiger partial charge in [-0.25, -0.2) is 4.39 Å². The molecule has 0 heterocycles. The van der Waals surface area contributed by atoms with Crippen LogP contribution in [0, 0.1) is 5.82 Å². The zero-order chi connectivity index (χ0) is 14.0. The van der Waals surface area contributed by atoms with Gasteiger partial charge in [0, 0.05) is 21.4 Å². The molecule has 0 aliphatic carbocycles. The molecule has 3 nitrogen and oxygen atoms in total. The molecule has 0 spiro atoms. The molecule has 2 aromatic carbocycles. The van der Waals surface area contributed by atoms with Gasteiger partial charge in [-0.05, 0) is 68.3 Å². The molecule has 2 aromatic rings. The van der Waals surface area contributed by atoms with Crippen LogP contribution in [0.15, 0.2) is 45.3 Å². The third kappa shape index (κ3) is 3.33. The number of hydrogen-bond acceptors (Lipinski definition) is 2. The topological polar surface area (TPSA) is 55.1 Å². The summed E-state index contributed by atoms with van der Waals surface area (Å²) in [7, 11) is 0. The van der Waals surface area contributed by atoms with E-state index in [9.17, 15) is 9.18 Å². The SMILES string of the molecule is Nc1cc(NC(=O)c2ccc(F)c(Br)c2)ccc1Br. The first-order valence-corrected chi connectivity index (χ1v) is 6.87. The Hall–Kier alpha value is -1.40. The lowest BCUT2D eigenvalue weighted by molar-refractivity contribution is 0.102. The molecule has 0 bridgehead atoms. The summed E-state index contributed by atoms with van der Waals surface area (Å²) in [6.45, 7) is 0. The Kier molecular flexibility index (Phi) is 4.21. The number of benzene rings is 2. The molecule has 98 valence electrons. The van der Waals surface area contributed by atoms with Crippen LogP contribution < -0.4 is 11.1 Å². The Bertz CT molecular complexity index is 647. The summed E-state index contributed by atoms with van der Waals surface area (Å²) in [5.74, 6) is -0.744. The number of carbonyl (C=O) groups excluding carboxylic acids is 1. The first-order valence-electron chi connectivity index (χ1n) is 5.29. The van der Waals surface area contributed by atoms with Crippen LogP contribution >= 0.6 is 31.9 Å². The summed E-state index contributed by atoms with van der Waals surface area (Å²) in [6, 6.07) is 9.17. The van der Waals surface area contributed by atoms with E-state index < -0.39 is 5.82 Å². The Labute approximate surface area is 126 Å². The number of nitrogen functional groups attached to an aromatic ring is 1. The molecule has 0 aromatic heterocycles. The highest BCUT2D eigenvalue weighted by Crippen LogP contribution is 2.23. The standard InChI is InChI=1S/C13H9Br2FN2O/c14-9-3-2-8(6-12(9)17)18-13(19)7-1-4-11(16)10(15)5-7/h1-6H,17H2,(H,18,19). The number of anilines is 2. The second-order valence-corrected chi connectivity index (χ2v) is 5.53. The minimum Gasteiger partial charge on any atom is -0.398 e. The maximum absolute atomic E-state index is 13.1.